The molecule has 0 aromatic heterocycles. The van der Waals surface area contributed by atoms with Crippen LogP contribution in [0.4, 0.5) is 17.1 Å². The van der Waals surface area contributed by atoms with E-state index in [0.29, 0.717) is 17.8 Å². The molecule has 2 fully saturated rings. The highest BCUT2D eigenvalue weighted by atomic mass is 15.1. The topological polar surface area (TPSA) is 3.24 Å². The second kappa shape index (κ2) is 14.6. The lowest BCUT2D eigenvalue weighted by molar-refractivity contribution is 0.0180. The molecule has 0 N–H and O–H groups in total. The Labute approximate surface area is 367 Å². The number of hydrogen-bond acceptors (Lipinski definition) is 1. The number of benzene rings is 8. The minimum absolute atomic E-state index is 0.0976. The minimum Gasteiger partial charge on any atom is -0.310 e. The van der Waals surface area contributed by atoms with Crippen LogP contribution < -0.4 is 4.90 Å². The summed E-state index contributed by atoms with van der Waals surface area (Å²) in [5, 5.41) is 0. The molecular weight excluding hydrogens is 747 g/mol. The average Bonchev–Trinajstić information content (AvgIpc) is 3.62. The van der Waals surface area contributed by atoms with Crippen LogP contribution in [0.15, 0.2) is 200 Å². The zero-order chi connectivity index (χ0) is 41.4. The Morgan fingerprint density at radius 3 is 1.53 bits per heavy atom. The van der Waals surface area contributed by atoms with E-state index in [1.807, 2.05) is 0 Å². The molecule has 4 aliphatic rings. The first-order valence-electron chi connectivity index (χ1n) is 23.1. The normalized spacial score (nSPS) is 22.4. The Balaban J connectivity index is 1.17. The van der Waals surface area contributed by atoms with Gasteiger partial charge in [-0.2, -0.15) is 0 Å². The lowest BCUT2D eigenvalue weighted by Gasteiger charge is -2.62. The van der Waals surface area contributed by atoms with Gasteiger partial charge in [0.25, 0.3) is 0 Å². The van der Waals surface area contributed by atoms with Crippen LogP contribution in [-0.4, -0.2) is 0 Å². The lowest BCUT2D eigenvalue weighted by Crippen LogP contribution is -2.56. The molecule has 12 rings (SSSR count). The van der Waals surface area contributed by atoms with Crippen molar-refractivity contribution in [2.45, 2.75) is 56.8 Å². The Morgan fingerprint density at radius 1 is 0.419 bits per heavy atom. The Kier molecular flexibility index (Phi) is 8.79. The van der Waals surface area contributed by atoms with E-state index in [4.69, 9.17) is 0 Å². The van der Waals surface area contributed by atoms with Crippen LogP contribution in [-0.2, 0) is 10.8 Å². The SMILES string of the molecule is CCC1C[C@H]2CC(C)C[C@@H](C1)C21c2ccccc2C2(c3ccccc3-c3ccccc32)c2ccc(N(c3ccc(-c4ccccc4)cc3)c3ccccc3-c3ccccc3)cc21. The van der Waals surface area contributed by atoms with E-state index in [-0.39, 0.29) is 5.41 Å². The summed E-state index contributed by atoms with van der Waals surface area (Å²) in [7, 11) is 0. The van der Waals surface area contributed by atoms with Crippen molar-refractivity contribution in [3.63, 3.8) is 0 Å². The largest absolute Gasteiger partial charge is 0.310 e. The Morgan fingerprint density at radius 2 is 0.903 bits per heavy atom. The fraction of sp³-hybridized carbons (Fsp3) is 0.213. The van der Waals surface area contributed by atoms with Gasteiger partial charge in [-0.15, -0.1) is 0 Å². The second-order valence-electron chi connectivity index (χ2n) is 18.8. The summed E-state index contributed by atoms with van der Waals surface area (Å²) in [5.41, 5.74) is 19.6. The van der Waals surface area contributed by atoms with Crippen LogP contribution >= 0.6 is 0 Å². The summed E-state index contributed by atoms with van der Waals surface area (Å²) in [6.07, 6.45) is 6.38. The molecule has 0 aliphatic heterocycles. The molecule has 8 aromatic carbocycles. The van der Waals surface area contributed by atoms with Crippen molar-refractivity contribution in [2.75, 3.05) is 4.90 Å². The number of nitrogens with zero attached hydrogens (tertiary/aromatic N) is 1. The fourth-order valence-electron chi connectivity index (χ4n) is 13.5. The van der Waals surface area contributed by atoms with E-state index in [1.165, 1.54) is 99.1 Å². The summed E-state index contributed by atoms with van der Waals surface area (Å²) >= 11 is 0. The molecule has 0 amide bonds. The molecule has 1 nitrogen and oxygen atoms in total. The van der Waals surface area contributed by atoms with Crippen LogP contribution in [0.25, 0.3) is 33.4 Å². The van der Waals surface area contributed by atoms with E-state index >= 15 is 0 Å². The first kappa shape index (κ1) is 37.3. The number of para-hydroxylation sites is 1. The van der Waals surface area contributed by atoms with Gasteiger partial charge in [0.15, 0.2) is 0 Å². The molecule has 5 atom stereocenters. The third kappa shape index (κ3) is 5.33. The van der Waals surface area contributed by atoms with Crippen molar-refractivity contribution < 1.29 is 0 Å². The molecule has 302 valence electrons. The maximum absolute atomic E-state index is 2.70. The third-order valence-corrected chi connectivity index (χ3v) is 15.8. The van der Waals surface area contributed by atoms with Crippen LogP contribution in [0, 0.1) is 23.7 Å². The summed E-state index contributed by atoms with van der Waals surface area (Å²) in [6, 6.07) is 76.2. The fourth-order valence-corrected chi connectivity index (χ4v) is 13.5. The number of hydrogen-bond donors (Lipinski definition) is 0. The Hall–Kier alpha value is -6.44. The van der Waals surface area contributed by atoms with Crippen LogP contribution in [0.2, 0.25) is 0 Å². The van der Waals surface area contributed by atoms with E-state index in [0.717, 1.165) is 11.6 Å². The summed E-state index contributed by atoms with van der Waals surface area (Å²) in [5.74, 6) is 2.60. The van der Waals surface area contributed by atoms with Crippen molar-refractivity contribution in [1.29, 1.82) is 0 Å². The van der Waals surface area contributed by atoms with E-state index in [2.05, 4.69) is 219 Å². The lowest BCUT2D eigenvalue weighted by atomic mass is 9.41. The molecule has 8 aromatic rings. The van der Waals surface area contributed by atoms with Crippen molar-refractivity contribution in [1.82, 2.24) is 0 Å². The molecule has 0 heterocycles. The molecule has 0 radical (unpaired) electrons. The van der Waals surface area contributed by atoms with Gasteiger partial charge in [-0.1, -0.05) is 190 Å². The zero-order valence-electron chi connectivity index (χ0n) is 35.8. The zero-order valence-corrected chi connectivity index (χ0v) is 35.8. The summed E-state index contributed by atoms with van der Waals surface area (Å²) < 4.78 is 0. The molecule has 2 spiro atoms. The van der Waals surface area contributed by atoms with E-state index in [9.17, 15) is 0 Å². The van der Waals surface area contributed by atoms with Crippen LogP contribution in [0.1, 0.15) is 79.3 Å². The number of rotatable bonds is 6. The predicted octanol–water partition coefficient (Wildman–Crippen LogP) is 15.9. The Bertz CT molecular complexity index is 2880. The molecule has 4 aliphatic carbocycles. The third-order valence-electron chi connectivity index (χ3n) is 15.8. The first-order valence-corrected chi connectivity index (χ1v) is 23.1. The van der Waals surface area contributed by atoms with Gasteiger partial charge in [0.05, 0.1) is 11.1 Å². The van der Waals surface area contributed by atoms with Gasteiger partial charge in [0.1, 0.15) is 0 Å². The van der Waals surface area contributed by atoms with Gasteiger partial charge < -0.3 is 4.90 Å². The molecule has 2 bridgehead atoms. The highest BCUT2D eigenvalue weighted by Crippen LogP contribution is 2.69. The van der Waals surface area contributed by atoms with Crippen molar-refractivity contribution >= 4 is 17.1 Å². The summed E-state index contributed by atoms with van der Waals surface area (Å²) in [6.45, 7) is 4.98. The van der Waals surface area contributed by atoms with Gasteiger partial charge >= 0.3 is 0 Å². The molecule has 3 unspecified atom stereocenters. The van der Waals surface area contributed by atoms with Crippen LogP contribution in [0.5, 0.6) is 0 Å². The molecule has 2 saturated carbocycles. The maximum Gasteiger partial charge on any atom is 0.0719 e. The standard InChI is InChI=1S/C61H53N/c1-3-42-38-46-36-41(2)37-47(39-42)60(46)55-27-15-16-28-56(55)61(53-25-13-10-23-51(53)52-24-11-14-26-54(52)61)57-35-34-49(40-58(57)60)62(48-32-30-44(31-33-48)43-18-6-4-7-19-43)59-29-17-12-22-50(59)45-20-8-5-9-21-45/h4-35,40-42,46-47H,3,36-39H2,1-2H3/t41?,42?,46-,47+,60?. The molecule has 1 heteroatoms. The highest BCUT2D eigenvalue weighted by Gasteiger charge is 2.62. The van der Waals surface area contributed by atoms with Gasteiger partial charge in [0.2, 0.25) is 0 Å². The quantitative estimate of drug-likeness (QED) is 0.162. The van der Waals surface area contributed by atoms with Gasteiger partial charge in [0, 0.05) is 22.4 Å². The average molecular weight is 800 g/mol. The second-order valence-corrected chi connectivity index (χ2v) is 18.8. The van der Waals surface area contributed by atoms with E-state index < -0.39 is 5.41 Å². The smallest absolute Gasteiger partial charge is 0.0719 e. The summed E-state index contributed by atoms with van der Waals surface area (Å²) in [4.78, 5) is 2.56. The van der Waals surface area contributed by atoms with Gasteiger partial charge in [-0.25, -0.2) is 0 Å². The van der Waals surface area contributed by atoms with E-state index in [1.54, 1.807) is 11.1 Å². The monoisotopic (exact) mass is 799 g/mol. The highest BCUT2D eigenvalue weighted by molar-refractivity contribution is 5.92. The van der Waals surface area contributed by atoms with Crippen molar-refractivity contribution in [3.05, 3.63) is 234 Å². The van der Waals surface area contributed by atoms with Crippen molar-refractivity contribution in [3.8, 4) is 33.4 Å². The van der Waals surface area contributed by atoms with Crippen LogP contribution in [0.3, 0.4) is 0 Å². The molecular formula is C61H53N. The maximum atomic E-state index is 2.70. The van der Waals surface area contributed by atoms with Crippen molar-refractivity contribution in [2.24, 2.45) is 23.7 Å². The van der Waals surface area contributed by atoms with Gasteiger partial charge in [-0.3, -0.25) is 0 Å². The number of anilines is 3. The molecule has 62 heavy (non-hydrogen) atoms. The minimum atomic E-state index is -0.422. The number of fused-ring (bicyclic) bond motifs is 9. The van der Waals surface area contributed by atoms with Gasteiger partial charge in [-0.05, 0) is 141 Å². The first-order chi connectivity index (χ1) is 30.6. The molecule has 0 saturated heterocycles. The predicted molar refractivity (Wildman–Crippen MR) is 258 cm³/mol.